The Bertz CT molecular complexity index is 603. The van der Waals surface area contributed by atoms with Gasteiger partial charge in [0.25, 0.3) is 0 Å². The fraction of sp³-hybridized carbons (Fsp3) is 0.154. The van der Waals surface area contributed by atoms with Gasteiger partial charge in [0.2, 0.25) is 0 Å². The topological polar surface area (TPSA) is 37.3 Å². The number of carboxylic acid groups (broad SMARTS) is 1. The summed E-state index contributed by atoms with van der Waals surface area (Å²) >= 11 is 0. The third kappa shape index (κ3) is 2.30. The van der Waals surface area contributed by atoms with Gasteiger partial charge in [-0.2, -0.15) is 13.2 Å². The van der Waals surface area contributed by atoms with E-state index in [9.17, 15) is 18.0 Å². The second-order valence-electron chi connectivity index (χ2n) is 3.89. The van der Waals surface area contributed by atoms with E-state index in [1.807, 2.05) is 0 Å². The number of fused-ring (bicyclic) bond motifs is 1. The highest BCUT2D eigenvalue weighted by Crippen LogP contribution is 2.35. The summed E-state index contributed by atoms with van der Waals surface area (Å²) in [6.07, 6.45) is -4.74. The van der Waals surface area contributed by atoms with Crippen LogP contribution in [0.2, 0.25) is 0 Å². The highest BCUT2D eigenvalue weighted by Gasteiger charge is 2.32. The highest BCUT2D eigenvalue weighted by molar-refractivity contribution is 5.91. The van der Waals surface area contributed by atoms with Crippen molar-refractivity contribution in [3.63, 3.8) is 0 Å². The summed E-state index contributed by atoms with van der Waals surface area (Å²) in [6.45, 7) is 0. The molecule has 0 amide bonds. The zero-order chi connectivity index (χ0) is 13.3. The summed E-state index contributed by atoms with van der Waals surface area (Å²) in [5.74, 6) is -1.07. The Labute approximate surface area is 101 Å². The molecule has 0 atom stereocenters. The zero-order valence-electron chi connectivity index (χ0n) is 9.16. The lowest BCUT2D eigenvalue weighted by Gasteiger charge is -2.12. The van der Waals surface area contributed by atoms with Crippen molar-refractivity contribution in [1.82, 2.24) is 0 Å². The molecule has 18 heavy (non-hydrogen) atoms. The van der Waals surface area contributed by atoms with Crippen molar-refractivity contribution in [2.24, 2.45) is 0 Å². The van der Waals surface area contributed by atoms with Crippen LogP contribution < -0.4 is 0 Å². The number of hydrogen-bond donors (Lipinski definition) is 1. The molecular weight excluding hydrogens is 245 g/mol. The number of aliphatic carboxylic acids is 1. The van der Waals surface area contributed by atoms with Crippen molar-refractivity contribution in [3.8, 4) is 0 Å². The highest BCUT2D eigenvalue weighted by atomic mass is 19.4. The number of carbonyl (C=O) groups is 1. The first kappa shape index (κ1) is 12.4. The minimum Gasteiger partial charge on any atom is -0.481 e. The molecule has 1 N–H and O–H groups in total. The molecule has 2 aromatic rings. The first-order valence-corrected chi connectivity index (χ1v) is 5.19. The summed E-state index contributed by atoms with van der Waals surface area (Å²) in [4.78, 5) is 10.7. The Morgan fingerprint density at radius 1 is 1.06 bits per heavy atom. The second kappa shape index (κ2) is 4.33. The lowest BCUT2D eigenvalue weighted by atomic mass is 9.97. The van der Waals surface area contributed by atoms with Crippen molar-refractivity contribution >= 4 is 16.7 Å². The Kier molecular flexibility index (Phi) is 2.98. The van der Waals surface area contributed by atoms with Gasteiger partial charge in [0.05, 0.1) is 12.0 Å². The standard InChI is InChI=1S/C13H9F3O2/c14-13(15,16)11-6-5-8(7-12(17)18)9-3-1-2-4-10(9)11/h1-6H,7H2,(H,17,18). The number of carboxylic acids is 1. The molecule has 0 aliphatic rings. The van der Waals surface area contributed by atoms with Gasteiger partial charge in [-0.05, 0) is 22.4 Å². The largest absolute Gasteiger partial charge is 0.481 e. The molecule has 0 bridgehead atoms. The molecule has 0 heterocycles. The van der Waals surface area contributed by atoms with Gasteiger partial charge in [0.15, 0.2) is 0 Å². The molecule has 0 saturated carbocycles. The average molecular weight is 254 g/mol. The second-order valence-corrected chi connectivity index (χ2v) is 3.89. The Balaban J connectivity index is 2.70. The smallest absolute Gasteiger partial charge is 0.417 e. The van der Waals surface area contributed by atoms with Gasteiger partial charge >= 0.3 is 12.1 Å². The fourth-order valence-corrected chi connectivity index (χ4v) is 1.93. The van der Waals surface area contributed by atoms with Gasteiger partial charge in [0, 0.05) is 0 Å². The molecule has 0 fully saturated rings. The minimum absolute atomic E-state index is 0.0313. The van der Waals surface area contributed by atoms with Crippen molar-refractivity contribution in [1.29, 1.82) is 0 Å². The molecule has 2 nitrogen and oxygen atoms in total. The number of hydrogen-bond acceptors (Lipinski definition) is 1. The van der Waals surface area contributed by atoms with E-state index in [1.165, 1.54) is 24.3 Å². The first-order valence-electron chi connectivity index (χ1n) is 5.19. The summed E-state index contributed by atoms with van der Waals surface area (Å²) in [6, 6.07) is 8.10. The monoisotopic (exact) mass is 254 g/mol. The molecule has 0 spiro atoms. The third-order valence-electron chi connectivity index (χ3n) is 2.66. The van der Waals surface area contributed by atoms with Gasteiger partial charge in [0.1, 0.15) is 0 Å². The molecule has 0 aromatic heterocycles. The molecule has 0 radical (unpaired) electrons. The summed E-state index contributed by atoms with van der Waals surface area (Å²) in [5, 5.41) is 9.09. The molecular formula is C13H9F3O2. The van der Waals surface area contributed by atoms with E-state index in [2.05, 4.69) is 0 Å². The maximum atomic E-state index is 12.8. The van der Waals surface area contributed by atoms with Crippen LogP contribution in [0.25, 0.3) is 10.8 Å². The normalized spacial score (nSPS) is 11.7. The van der Waals surface area contributed by atoms with Gasteiger partial charge in [-0.15, -0.1) is 0 Å². The molecule has 5 heteroatoms. The molecule has 0 aliphatic heterocycles. The van der Waals surface area contributed by atoms with Gasteiger partial charge < -0.3 is 5.11 Å². The summed E-state index contributed by atoms with van der Waals surface area (Å²) < 4.78 is 38.4. The number of alkyl halides is 3. The van der Waals surface area contributed by atoms with E-state index >= 15 is 0 Å². The lowest BCUT2D eigenvalue weighted by Crippen LogP contribution is -2.07. The van der Waals surface area contributed by atoms with Crippen LogP contribution in [0.15, 0.2) is 36.4 Å². The van der Waals surface area contributed by atoms with E-state index in [4.69, 9.17) is 5.11 Å². The van der Waals surface area contributed by atoms with Crippen LogP contribution in [0, 0.1) is 0 Å². The quantitative estimate of drug-likeness (QED) is 0.890. The Morgan fingerprint density at radius 3 is 2.22 bits per heavy atom. The van der Waals surface area contributed by atoms with E-state index in [0.29, 0.717) is 10.9 Å². The molecule has 2 aromatic carbocycles. The summed E-state index contributed by atoms with van der Waals surface area (Å²) in [5.41, 5.74) is -0.363. The van der Waals surface area contributed by atoms with Crippen LogP contribution in [0.3, 0.4) is 0 Å². The van der Waals surface area contributed by atoms with E-state index in [-0.39, 0.29) is 11.8 Å². The van der Waals surface area contributed by atoms with E-state index < -0.39 is 17.7 Å². The van der Waals surface area contributed by atoms with Gasteiger partial charge in [-0.3, -0.25) is 4.79 Å². The molecule has 0 unspecified atom stereocenters. The van der Waals surface area contributed by atoms with Gasteiger partial charge in [-0.25, -0.2) is 0 Å². The maximum absolute atomic E-state index is 12.8. The van der Waals surface area contributed by atoms with Crippen molar-refractivity contribution in [2.75, 3.05) is 0 Å². The first-order chi connectivity index (χ1) is 8.39. The van der Waals surface area contributed by atoms with Crippen LogP contribution in [0.5, 0.6) is 0 Å². The SMILES string of the molecule is O=C(O)Cc1ccc(C(F)(F)F)c2ccccc12. The Hall–Kier alpha value is -2.04. The van der Waals surface area contributed by atoms with Crippen LogP contribution in [0.4, 0.5) is 13.2 Å². The molecule has 0 saturated heterocycles. The third-order valence-corrected chi connectivity index (χ3v) is 2.66. The predicted molar refractivity (Wildman–Crippen MR) is 60.3 cm³/mol. The molecule has 94 valence electrons. The fourth-order valence-electron chi connectivity index (χ4n) is 1.93. The van der Waals surface area contributed by atoms with Crippen LogP contribution in [-0.2, 0) is 17.4 Å². The number of benzene rings is 2. The van der Waals surface area contributed by atoms with E-state index in [0.717, 1.165) is 6.07 Å². The van der Waals surface area contributed by atoms with E-state index in [1.54, 1.807) is 6.07 Å². The zero-order valence-corrected chi connectivity index (χ0v) is 9.16. The van der Waals surface area contributed by atoms with Crippen molar-refractivity contribution in [2.45, 2.75) is 12.6 Å². The average Bonchev–Trinajstić information content (AvgIpc) is 2.27. The van der Waals surface area contributed by atoms with Crippen molar-refractivity contribution in [3.05, 3.63) is 47.5 Å². The van der Waals surface area contributed by atoms with Crippen LogP contribution in [-0.4, -0.2) is 11.1 Å². The van der Waals surface area contributed by atoms with Crippen LogP contribution >= 0.6 is 0 Å². The van der Waals surface area contributed by atoms with Crippen LogP contribution in [0.1, 0.15) is 11.1 Å². The number of halogens is 3. The molecule has 0 aliphatic carbocycles. The lowest BCUT2D eigenvalue weighted by molar-refractivity contribution is -0.136. The Morgan fingerprint density at radius 2 is 1.67 bits per heavy atom. The van der Waals surface area contributed by atoms with Crippen molar-refractivity contribution < 1.29 is 23.1 Å². The maximum Gasteiger partial charge on any atom is 0.417 e. The molecule has 2 rings (SSSR count). The summed E-state index contributed by atoms with van der Waals surface area (Å²) in [7, 11) is 0. The predicted octanol–water partition coefficient (Wildman–Crippen LogP) is 3.49. The number of rotatable bonds is 2. The van der Waals surface area contributed by atoms with Gasteiger partial charge in [-0.1, -0.05) is 30.3 Å². The minimum atomic E-state index is -4.44.